The lowest BCUT2D eigenvalue weighted by Gasteiger charge is -2.08. The third-order valence-electron chi connectivity index (χ3n) is 2.71. The van der Waals surface area contributed by atoms with Crippen LogP contribution in [0, 0.1) is 5.82 Å². The summed E-state index contributed by atoms with van der Waals surface area (Å²) in [5, 5.41) is 6.75. The van der Waals surface area contributed by atoms with Crippen LogP contribution in [0.15, 0.2) is 36.7 Å². The number of hydrogen-bond donors (Lipinski definition) is 2. The molecule has 0 radical (unpaired) electrons. The van der Waals surface area contributed by atoms with Crippen molar-refractivity contribution in [2.75, 3.05) is 12.3 Å². The van der Waals surface area contributed by atoms with Crippen LogP contribution in [0.5, 0.6) is 0 Å². The maximum atomic E-state index is 13.2. The van der Waals surface area contributed by atoms with Crippen molar-refractivity contribution in [3.05, 3.63) is 48.0 Å². The molecule has 0 atom stereocenters. The molecule has 1 amide bonds. The predicted molar refractivity (Wildman–Crippen MR) is 70.0 cm³/mol. The first-order chi connectivity index (χ1) is 9.18. The highest BCUT2D eigenvalue weighted by molar-refractivity contribution is 5.99. The van der Waals surface area contributed by atoms with E-state index in [1.807, 2.05) is 12.3 Å². The normalized spacial score (nSPS) is 10.4. The zero-order valence-electron chi connectivity index (χ0n) is 10.3. The first-order valence-electron chi connectivity index (χ1n) is 5.98. The zero-order chi connectivity index (χ0) is 13.7. The summed E-state index contributed by atoms with van der Waals surface area (Å²) in [4.78, 5) is 11.8. The number of amides is 1. The highest BCUT2D eigenvalue weighted by Crippen LogP contribution is 2.15. The molecule has 0 aliphatic rings. The van der Waals surface area contributed by atoms with Crippen LogP contribution in [0.4, 0.5) is 10.1 Å². The van der Waals surface area contributed by atoms with Gasteiger partial charge in [0.1, 0.15) is 5.82 Å². The van der Waals surface area contributed by atoms with Gasteiger partial charge in [-0.05, 0) is 24.6 Å². The standard InChI is InChI=1S/C13H15FN4O/c14-11-5-1-4-10(12(11)15)13(19)16-6-2-8-18-9-3-7-17-18/h1,3-5,7,9H,2,6,8,15H2,(H,16,19). The number of nitrogens with two attached hydrogens (primary N) is 1. The highest BCUT2D eigenvalue weighted by Gasteiger charge is 2.11. The Hall–Kier alpha value is -2.37. The fourth-order valence-electron chi connectivity index (χ4n) is 1.71. The molecule has 0 saturated carbocycles. The Morgan fingerprint density at radius 1 is 1.42 bits per heavy atom. The summed E-state index contributed by atoms with van der Waals surface area (Å²) in [6, 6.07) is 6.03. The van der Waals surface area contributed by atoms with E-state index in [4.69, 9.17) is 5.73 Å². The second-order valence-corrected chi connectivity index (χ2v) is 4.08. The van der Waals surface area contributed by atoms with E-state index in [9.17, 15) is 9.18 Å². The second-order valence-electron chi connectivity index (χ2n) is 4.08. The molecule has 0 bridgehead atoms. The molecular formula is C13H15FN4O. The molecule has 0 spiro atoms. The summed E-state index contributed by atoms with van der Waals surface area (Å²) in [5.41, 5.74) is 5.56. The monoisotopic (exact) mass is 262 g/mol. The fourth-order valence-corrected chi connectivity index (χ4v) is 1.71. The number of nitrogen functional groups attached to an aromatic ring is 1. The molecule has 0 unspecified atom stereocenters. The van der Waals surface area contributed by atoms with Gasteiger partial charge in [0, 0.05) is 25.5 Å². The Bertz CT molecular complexity index is 554. The number of benzene rings is 1. The van der Waals surface area contributed by atoms with E-state index in [2.05, 4.69) is 10.4 Å². The van der Waals surface area contributed by atoms with Crippen molar-refractivity contribution in [1.82, 2.24) is 15.1 Å². The van der Waals surface area contributed by atoms with Crippen molar-refractivity contribution in [1.29, 1.82) is 0 Å². The quantitative estimate of drug-likeness (QED) is 0.632. The number of para-hydroxylation sites is 1. The van der Waals surface area contributed by atoms with E-state index in [0.717, 1.165) is 6.42 Å². The topological polar surface area (TPSA) is 72.9 Å². The van der Waals surface area contributed by atoms with Crippen molar-refractivity contribution in [3.8, 4) is 0 Å². The lowest BCUT2D eigenvalue weighted by molar-refractivity contribution is 0.0953. The largest absolute Gasteiger partial charge is 0.396 e. The van der Waals surface area contributed by atoms with Crippen LogP contribution in [-0.2, 0) is 6.54 Å². The molecular weight excluding hydrogens is 247 g/mol. The molecule has 0 aliphatic carbocycles. The predicted octanol–water partition coefficient (Wildman–Crippen LogP) is 1.42. The van der Waals surface area contributed by atoms with Gasteiger partial charge in [-0.15, -0.1) is 0 Å². The molecule has 0 saturated heterocycles. The maximum Gasteiger partial charge on any atom is 0.253 e. The van der Waals surface area contributed by atoms with Gasteiger partial charge >= 0.3 is 0 Å². The van der Waals surface area contributed by atoms with E-state index in [1.165, 1.54) is 18.2 Å². The Morgan fingerprint density at radius 3 is 3.00 bits per heavy atom. The number of anilines is 1. The second kappa shape index (κ2) is 5.99. The van der Waals surface area contributed by atoms with Crippen molar-refractivity contribution >= 4 is 11.6 Å². The molecule has 2 aromatic rings. The van der Waals surface area contributed by atoms with Gasteiger partial charge in [-0.3, -0.25) is 9.48 Å². The molecule has 2 rings (SSSR count). The molecule has 3 N–H and O–H groups in total. The lowest BCUT2D eigenvalue weighted by atomic mass is 10.1. The summed E-state index contributed by atoms with van der Waals surface area (Å²) < 4.78 is 15.0. The maximum absolute atomic E-state index is 13.2. The van der Waals surface area contributed by atoms with E-state index >= 15 is 0 Å². The average Bonchev–Trinajstić information content (AvgIpc) is 2.91. The summed E-state index contributed by atoms with van der Waals surface area (Å²) in [6.07, 6.45) is 4.29. The van der Waals surface area contributed by atoms with Gasteiger partial charge in [0.25, 0.3) is 5.91 Å². The summed E-state index contributed by atoms with van der Waals surface area (Å²) in [5.74, 6) is -0.943. The van der Waals surface area contributed by atoms with Crippen molar-refractivity contribution in [2.45, 2.75) is 13.0 Å². The van der Waals surface area contributed by atoms with Crippen molar-refractivity contribution < 1.29 is 9.18 Å². The van der Waals surface area contributed by atoms with Crippen LogP contribution < -0.4 is 11.1 Å². The van der Waals surface area contributed by atoms with E-state index in [1.54, 1.807) is 10.9 Å². The van der Waals surface area contributed by atoms with Gasteiger partial charge in [0.15, 0.2) is 0 Å². The van der Waals surface area contributed by atoms with Gasteiger partial charge in [0.2, 0.25) is 0 Å². The van der Waals surface area contributed by atoms with Gasteiger partial charge in [-0.1, -0.05) is 6.07 Å². The van der Waals surface area contributed by atoms with Crippen LogP contribution in [0.2, 0.25) is 0 Å². The van der Waals surface area contributed by atoms with Crippen molar-refractivity contribution in [2.24, 2.45) is 0 Å². The van der Waals surface area contributed by atoms with Crippen LogP contribution in [-0.4, -0.2) is 22.2 Å². The van der Waals surface area contributed by atoms with Crippen LogP contribution >= 0.6 is 0 Å². The summed E-state index contributed by atoms with van der Waals surface area (Å²) in [7, 11) is 0. The molecule has 1 heterocycles. The molecule has 5 nitrogen and oxygen atoms in total. The third kappa shape index (κ3) is 3.31. The van der Waals surface area contributed by atoms with Gasteiger partial charge in [-0.25, -0.2) is 4.39 Å². The number of hydrogen-bond acceptors (Lipinski definition) is 3. The molecule has 6 heteroatoms. The SMILES string of the molecule is Nc1c(F)cccc1C(=O)NCCCn1cccn1. The number of nitrogens with one attached hydrogen (secondary N) is 1. The minimum absolute atomic E-state index is 0.118. The minimum Gasteiger partial charge on any atom is -0.396 e. The van der Waals surface area contributed by atoms with Gasteiger partial charge in [-0.2, -0.15) is 5.10 Å². The zero-order valence-corrected chi connectivity index (χ0v) is 10.3. The van der Waals surface area contributed by atoms with E-state index in [0.29, 0.717) is 13.1 Å². The summed E-state index contributed by atoms with van der Waals surface area (Å²) in [6.45, 7) is 1.19. The van der Waals surface area contributed by atoms with Gasteiger partial charge < -0.3 is 11.1 Å². The Morgan fingerprint density at radius 2 is 2.26 bits per heavy atom. The van der Waals surface area contributed by atoms with Crippen molar-refractivity contribution in [3.63, 3.8) is 0 Å². The highest BCUT2D eigenvalue weighted by atomic mass is 19.1. The Kier molecular flexibility index (Phi) is 4.12. The average molecular weight is 262 g/mol. The molecule has 0 aliphatic heterocycles. The number of aromatic nitrogens is 2. The number of carbonyl (C=O) groups excluding carboxylic acids is 1. The number of halogens is 1. The number of aryl methyl sites for hydroxylation is 1. The number of nitrogens with zero attached hydrogens (tertiary/aromatic N) is 2. The number of rotatable bonds is 5. The molecule has 100 valence electrons. The minimum atomic E-state index is -0.579. The molecule has 19 heavy (non-hydrogen) atoms. The van der Waals surface area contributed by atoms with Crippen LogP contribution in [0.3, 0.4) is 0 Å². The van der Waals surface area contributed by atoms with E-state index < -0.39 is 5.82 Å². The summed E-state index contributed by atoms with van der Waals surface area (Å²) >= 11 is 0. The third-order valence-corrected chi connectivity index (χ3v) is 2.71. The number of carbonyl (C=O) groups is 1. The molecule has 1 aromatic carbocycles. The van der Waals surface area contributed by atoms with E-state index in [-0.39, 0.29) is 17.2 Å². The van der Waals surface area contributed by atoms with Crippen LogP contribution in [0.1, 0.15) is 16.8 Å². The van der Waals surface area contributed by atoms with Crippen LogP contribution in [0.25, 0.3) is 0 Å². The molecule has 0 fully saturated rings. The Labute approximate surface area is 110 Å². The fraction of sp³-hybridized carbons (Fsp3) is 0.231. The first-order valence-corrected chi connectivity index (χ1v) is 5.98. The first kappa shape index (κ1) is 13.1. The Balaban J connectivity index is 1.83. The molecule has 1 aromatic heterocycles. The van der Waals surface area contributed by atoms with Gasteiger partial charge in [0.05, 0.1) is 11.3 Å². The lowest BCUT2D eigenvalue weighted by Crippen LogP contribution is -2.26. The smallest absolute Gasteiger partial charge is 0.253 e.